The van der Waals surface area contributed by atoms with Crippen molar-refractivity contribution in [3.8, 4) is 5.75 Å². The molecule has 0 saturated heterocycles. The van der Waals surface area contributed by atoms with Crippen LogP contribution in [0.3, 0.4) is 0 Å². The Labute approximate surface area is 189 Å². The standard InChI is InChI=1S/C23H21N5O3S/c1-15-5-3-6-17(11-15)25-22(30)16-9-10-20-26-27-23(28(20)13-16)32-14-21(29)24-18-7-4-8-19(12-18)31-2/h3-13H,14H2,1-2H3,(H,24,29)(H,25,30). The van der Waals surface area contributed by atoms with Crippen molar-refractivity contribution in [1.29, 1.82) is 0 Å². The van der Waals surface area contributed by atoms with Gasteiger partial charge in [0.1, 0.15) is 5.75 Å². The van der Waals surface area contributed by atoms with Crippen molar-refractivity contribution < 1.29 is 14.3 Å². The van der Waals surface area contributed by atoms with Crippen LogP contribution in [0, 0.1) is 6.92 Å². The van der Waals surface area contributed by atoms with E-state index in [1.807, 2.05) is 31.2 Å². The zero-order chi connectivity index (χ0) is 22.5. The number of carbonyl (C=O) groups excluding carboxylic acids is 2. The van der Waals surface area contributed by atoms with Crippen LogP contribution in [0.4, 0.5) is 11.4 Å². The van der Waals surface area contributed by atoms with Crippen molar-refractivity contribution in [3.05, 3.63) is 78.0 Å². The van der Waals surface area contributed by atoms with Crippen LogP contribution in [-0.2, 0) is 4.79 Å². The molecule has 162 valence electrons. The molecule has 0 spiro atoms. The second-order valence-corrected chi connectivity index (χ2v) is 7.96. The Morgan fingerprint density at radius 3 is 2.56 bits per heavy atom. The van der Waals surface area contributed by atoms with Crippen LogP contribution in [0.5, 0.6) is 5.75 Å². The third-order valence-corrected chi connectivity index (χ3v) is 5.54. The highest BCUT2D eigenvalue weighted by Crippen LogP contribution is 2.20. The Kier molecular flexibility index (Phi) is 6.37. The molecule has 2 aromatic heterocycles. The Balaban J connectivity index is 1.44. The number of anilines is 2. The first-order valence-electron chi connectivity index (χ1n) is 9.81. The Morgan fingerprint density at radius 1 is 1.00 bits per heavy atom. The van der Waals surface area contributed by atoms with Gasteiger partial charge in [0.15, 0.2) is 10.8 Å². The molecule has 8 nitrogen and oxygen atoms in total. The molecule has 2 N–H and O–H groups in total. The zero-order valence-corrected chi connectivity index (χ0v) is 18.3. The summed E-state index contributed by atoms with van der Waals surface area (Å²) < 4.78 is 6.87. The molecule has 0 saturated carbocycles. The van der Waals surface area contributed by atoms with E-state index >= 15 is 0 Å². The molecule has 0 bridgehead atoms. The molecule has 4 rings (SSSR count). The van der Waals surface area contributed by atoms with Crippen LogP contribution < -0.4 is 15.4 Å². The van der Waals surface area contributed by atoms with Gasteiger partial charge in [-0.25, -0.2) is 0 Å². The van der Waals surface area contributed by atoms with Crippen molar-refractivity contribution in [1.82, 2.24) is 14.6 Å². The first-order valence-corrected chi connectivity index (χ1v) is 10.8. The van der Waals surface area contributed by atoms with Crippen molar-refractivity contribution in [2.45, 2.75) is 12.1 Å². The summed E-state index contributed by atoms with van der Waals surface area (Å²) in [6, 6.07) is 18.1. The number of rotatable bonds is 7. The average molecular weight is 448 g/mol. The second kappa shape index (κ2) is 9.52. The number of ether oxygens (including phenoxy) is 1. The SMILES string of the molecule is COc1cccc(NC(=O)CSc2nnc3ccc(C(=O)Nc4cccc(C)c4)cn23)c1. The molecule has 2 heterocycles. The van der Waals surface area contributed by atoms with Gasteiger partial charge in [-0.15, -0.1) is 10.2 Å². The molecule has 0 aliphatic carbocycles. The zero-order valence-electron chi connectivity index (χ0n) is 17.5. The number of fused-ring (bicyclic) bond motifs is 1. The molecule has 0 fully saturated rings. The number of aromatic nitrogens is 3. The third kappa shape index (κ3) is 5.06. The minimum Gasteiger partial charge on any atom is -0.497 e. The van der Waals surface area contributed by atoms with Gasteiger partial charge in [-0.3, -0.25) is 14.0 Å². The fourth-order valence-electron chi connectivity index (χ4n) is 3.06. The normalized spacial score (nSPS) is 10.7. The maximum atomic E-state index is 12.7. The lowest BCUT2D eigenvalue weighted by Crippen LogP contribution is -2.14. The number of nitrogens with one attached hydrogen (secondary N) is 2. The fourth-order valence-corrected chi connectivity index (χ4v) is 3.77. The maximum Gasteiger partial charge on any atom is 0.257 e. The number of carbonyl (C=O) groups is 2. The molecule has 9 heteroatoms. The predicted molar refractivity (Wildman–Crippen MR) is 124 cm³/mol. The van der Waals surface area contributed by atoms with Gasteiger partial charge in [0.25, 0.3) is 5.91 Å². The molecular formula is C23H21N5O3S. The van der Waals surface area contributed by atoms with Gasteiger partial charge in [-0.05, 0) is 48.9 Å². The number of pyridine rings is 1. The van der Waals surface area contributed by atoms with E-state index in [4.69, 9.17) is 4.74 Å². The molecule has 0 aliphatic heterocycles. The largest absolute Gasteiger partial charge is 0.497 e. The number of hydrogen-bond acceptors (Lipinski definition) is 6. The summed E-state index contributed by atoms with van der Waals surface area (Å²) in [4.78, 5) is 25.0. The highest BCUT2D eigenvalue weighted by Gasteiger charge is 2.13. The van der Waals surface area contributed by atoms with Gasteiger partial charge in [0.05, 0.1) is 18.4 Å². The topological polar surface area (TPSA) is 97.6 Å². The van der Waals surface area contributed by atoms with E-state index < -0.39 is 0 Å². The van der Waals surface area contributed by atoms with E-state index in [2.05, 4.69) is 20.8 Å². The van der Waals surface area contributed by atoms with E-state index in [9.17, 15) is 9.59 Å². The molecule has 0 aliphatic rings. The maximum absolute atomic E-state index is 12.7. The van der Waals surface area contributed by atoms with Crippen LogP contribution in [0.15, 0.2) is 72.0 Å². The van der Waals surface area contributed by atoms with Crippen molar-refractivity contribution in [3.63, 3.8) is 0 Å². The quantitative estimate of drug-likeness (QED) is 0.415. The van der Waals surface area contributed by atoms with E-state index in [-0.39, 0.29) is 17.6 Å². The van der Waals surface area contributed by atoms with Gasteiger partial charge < -0.3 is 15.4 Å². The third-order valence-electron chi connectivity index (χ3n) is 4.60. The summed E-state index contributed by atoms with van der Waals surface area (Å²) in [5.41, 5.74) is 3.48. The summed E-state index contributed by atoms with van der Waals surface area (Å²) in [5.74, 6) is 0.374. The van der Waals surface area contributed by atoms with Gasteiger partial charge in [-0.2, -0.15) is 0 Å². The molecule has 0 radical (unpaired) electrons. The van der Waals surface area contributed by atoms with Crippen LogP contribution >= 0.6 is 11.8 Å². The van der Waals surface area contributed by atoms with Crippen molar-refractivity contribution in [2.75, 3.05) is 23.5 Å². The lowest BCUT2D eigenvalue weighted by molar-refractivity contribution is -0.113. The Hall–Kier alpha value is -3.85. The van der Waals surface area contributed by atoms with Gasteiger partial charge in [-0.1, -0.05) is 30.0 Å². The summed E-state index contributed by atoms with van der Waals surface area (Å²) in [7, 11) is 1.57. The van der Waals surface area contributed by atoms with E-state index in [1.165, 1.54) is 11.8 Å². The number of thioether (sulfide) groups is 1. The lowest BCUT2D eigenvalue weighted by atomic mass is 10.2. The van der Waals surface area contributed by atoms with Gasteiger partial charge in [0, 0.05) is 23.6 Å². The lowest BCUT2D eigenvalue weighted by Gasteiger charge is -2.08. The first-order chi connectivity index (χ1) is 15.5. The van der Waals surface area contributed by atoms with E-state index in [1.54, 1.807) is 54.1 Å². The minimum absolute atomic E-state index is 0.137. The fraction of sp³-hybridized carbons (Fsp3) is 0.130. The monoisotopic (exact) mass is 447 g/mol. The van der Waals surface area contributed by atoms with Crippen LogP contribution in [0.25, 0.3) is 5.65 Å². The van der Waals surface area contributed by atoms with Gasteiger partial charge in [0.2, 0.25) is 5.91 Å². The summed E-state index contributed by atoms with van der Waals surface area (Å²) >= 11 is 1.23. The number of hydrogen-bond donors (Lipinski definition) is 2. The summed E-state index contributed by atoms with van der Waals surface area (Å²) in [5, 5.41) is 14.5. The van der Waals surface area contributed by atoms with E-state index in [0.717, 1.165) is 11.3 Å². The molecule has 4 aromatic rings. The first kappa shape index (κ1) is 21.4. The average Bonchev–Trinajstić information content (AvgIpc) is 3.20. The van der Waals surface area contributed by atoms with Crippen LogP contribution in [-0.4, -0.2) is 39.3 Å². The Morgan fingerprint density at radius 2 is 1.78 bits per heavy atom. The van der Waals surface area contributed by atoms with Crippen LogP contribution in [0.1, 0.15) is 15.9 Å². The summed E-state index contributed by atoms with van der Waals surface area (Å²) in [6.45, 7) is 1.97. The molecule has 2 aromatic carbocycles. The number of nitrogens with zero attached hydrogens (tertiary/aromatic N) is 3. The van der Waals surface area contributed by atoms with Crippen molar-refractivity contribution in [2.24, 2.45) is 0 Å². The highest BCUT2D eigenvalue weighted by molar-refractivity contribution is 7.99. The molecule has 0 unspecified atom stereocenters. The smallest absolute Gasteiger partial charge is 0.257 e. The number of aryl methyl sites for hydroxylation is 1. The molecule has 0 atom stereocenters. The highest BCUT2D eigenvalue weighted by atomic mass is 32.2. The molecular weight excluding hydrogens is 426 g/mol. The van der Waals surface area contributed by atoms with Crippen molar-refractivity contribution >= 4 is 40.6 Å². The number of amides is 2. The molecule has 32 heavy (non-hydrogen) atoms. The Bertz CT molecular complexity index is 1290. The second-order valence-electron chi connectivity index (χ2n) is 7.02. The number of benzene rings is 2. The minimum atomic E-state index is -0.238. The summed E-state index contributed by atoms with van der Waals surface area (Å²) in [6.07, 6.45) is 1.67. The van der Waals surface area contributed by atoms with Crippen LogP contribution in [0.2, 0.25) is 0 Å². The number of methoxy groups -OCH3 is 1. The van der Waals surface area contributed by atoms with E-state index in [0.29, 0.717) is 27.8 Å². The molecule has 2 amide bonds. The van der Waals surface area contributed by atoms with Gasteiger partial charge >= 0.3 is 0 Å². The predicted octanol–water partition coefficient (Wildman–Crippen LogP) is 4.03.